The molecule has 0 fully saturated rings. The molecule has 1 atom stereocenters. The maximum absolute atomic E-state index is 12.7. The summed E-state index contributed by atoms with van der Waals surface area (Å²) in [6, 6.07) is 11.9. The molecule has 0 aliphatic heterocycles. The Labute approximate surface area is 142 Å². The Morgan fingerprint density at radius 3 is 2.50 bits per heavy atom. The van der Waals surface area contributed by atoms with Gasteiger partial charge in [0.1, 0.15) is 11.5 Å². The number of hydrogen-bond acceptors (Lipinski definition) is 4. The van der Waals surface area contributed by atoms with E-state index in [2.05, 4.69) is 6.58 Å². The van der Waals surface area contributed by atoms with Crippen molar-refractivity contribution in [2.24, 2.45) is 0 Å². The number of ketones is 1. The molecule has 1 unspecified atom stereocenters. The van der Waals surface area contributed by atoms with Crippen LogP contribution in [0.15, 0.2) is 54.6 Å². The minimum absolute atomic E-state index is 0.114. The van der Waals surface area contributed by atoms with Crippen molar-refractivity contribution < 1.29 is 19.4 Å². The lowest BCUT2D eigenvalue weighted by Gasteiger charge is -2.18. The zero-order chi connectivity index (χ0) is 17.7. The van der Waals surface area contributed by atoms with E-state index < -0.39 is 0 Å². The molecule has 0 radical (unpaired) electrons. The number of hydrogen-bond donors (Lipinski definition) is 1. The molecule has 0 aliphatic carbocycles. The Balaban J connectivity index is 2.41. The van der Waals surface area contributed by atoms with Gasteiger partial charge in [-0.25, -0.2) is 0 Å². The summed E-state index contributed by atoms with van der Waals surface area (Å²) in [6.45, 7) is 7.97. The highest BCUT2D eigenvalue weighted by Crippen LogP contribution is 2.34. The third-order valence-corrected chi connectivity index (χ3v) is 3.65. The van der Waals surface area contributed by atoms with Gasteiger partial charge in [0.2, 0.25) is 0 Å². The predicted octanol–water partition coefficient (Wildman–Crippen LogP) is 4.29. The molecule has 2 aromatic rings. The lowest BCUT2D eigenvalue weighted by atomic mass is 9.98. The fourth-order valence-corrected chi connectivity index (χ4v) is 2.36. The van der Waals surface area contributed by atoms with Crippen molar-refractivity contribution in [3.8, 4) is 11.5 Å². The van der Waals surface area contributed by atoms with Gasteiger partial charge in [-0.15, -0.1) is 0 Å². The zero-order valence-electron chi connectivity index (χ0n) is 14.2. The van der Waals surface area contributed by atoms with Crippen LogP contribution >= 0.6 is 0 Å². The molecule has 0 amide bonds. The summed E-state index contributed by atoms with van der Waals surface area (Å²) in [7, 11) is 1.52. The first-order valence-electron chi connectivity index (χ1n) is 7.70. The van der Waals surface area contributed by atoms with Crippen LogP contribution in [0.5, 0.6) is 11.5 Å². The van der Waals surface area contributed by atoms with Gasteiger partial charge < -0.3 is 14.6 Å². The largest absolute Gasteiger partial charge is 0.507 e. The van der Waals surface area contributed by atoms with Gasteiger partial charge in [0, 0.05) is 17.2 Å². The molecule has 0 heterocycles. The maximum atomic E-state index is 12.7. The zero-order valence-corrected chi connectivity index (χ0v) is 14.2. The van der Waals surface area contributed by atoms with Gasteiger partial charge in [-0.3, -0.25) is 4.79 Å². The van der Waals surface area contributed by atoms with E-state index in [4.69, 9.17) is 9.47 Å². The van der Waals surface area contributed by atoms with Crippen molar-refractivity contribution in [3.05, 3.63) is 71.3 Å². The molecule has 0 aliphatic rings. The van der Waals surface area contributed by atoms with Crippen LogP contribution in [0.3, 0.4) is 0 Å². The molecule has 0 saturated carbocycles. The molecule has 4 nitrogen and oxygen atoms in total. The van der Waals surface area contributed by atoms with E-state index in [0.29, 0.717) is 23.5 Å². The number of ether oxygens (including phenoxy) is 2. The normalized spacial score (nSPS) is 11.8. The molecule has 0 bridgehead atoms. The first-order valence-corrected chi connectivity index (χ1v) is 7.70. The third-order valence-electron chi connectivity index (χ3n) is 3.65. The van der Waals surface area contributed by atoms with Gasteiger partial charge in [-0.1, -0.05) is 42.5 Å². The van der Waals surface area contributed by atoms with Crippen LogP contribution < -0.4 is 4.74 Å². The Morgan fingerprint density at radius 2 is 1.92 bits per heavy atom. The SMILES string of the molecule is C=C(C)COC(C)c1cc(C(=O)c2ccccc2)c(O)cc1OC. The minimum Gasteiger partial charge on any atom is -0.507 e. The van der Waals surface area contributed by atoms with Crippen LogP contribution in [-0.4, -0.2) is 24.6 Å². The molecule has 126 valence electrons. The fraction of sp³-hybridized carbons (Fsp3) is 0.250. The van der Waals surface area contributed by atoms with Crippen molar-refractivity contribution >= 4 is 5.78 Å². The van der Waals surface area contributed by atoms with Crippen molar-refractivity contribution in [2.75, 3.05) is 13.7 Å². The van der Waals surface area contributed by atoms with E-state index in [1.165, 1.54) is 13.2 Å². The van der Waals surface area contributed by atoms with Crippen LogP contribution in [0.25, 0.3) is 0 Å². The first kappa shape index (κ1) is 17.8. The molecule has 0 aromatic heterocycles. The van der Waals surface area contributed by atoms with Gasteiger partial charge in [-0.05, 0) is 19.9 Å². The second kappa shape index (κ2) is 7.79. The molecule has 1 N–H and O–H groups in total. The van der Waals surface area contributed by atoms with Crippen molar-refractivity contribution in [2.45, 2.75) is 20.0 Å². The quantitative estimate of drug-likeness (QED) is 0.609. The summed E-state index contributed by atoms with van der Waals surface area (Å²) in [5.74, 6) is 0.118. The lowest BCUT2D eigenvalue weighted by molar-refractivity contribution is 0.0816. The topological polar surface area (TPSA) is 55.8 Å². The first-order chi connectivity index (χ1) is 11.4. The number of phenolic OH excluding ortho intramolecular Hbond substituents is 1. The third kappa shape index (κ3) is 4.03. The molecule has 24 heavy (non-hydrogen) atoms. The monoisotopic (exact) mass is 326 g/mol. The lowest BCUT2D eigenvalue weighted by Crippen LogP contribution is -2.08. The van der Waals surface area contributed by atoms with E-state index >= 15 is 0 Å². The van der Waals surface area contributed by atoms with Gasteiger partial charge in [0.25, 0.3) is 0 Å². The summed E-state index contributed by atoms with van der Waals surface area (Å²) in [6.07, 6.45) is -0.306. The number of benzene rings is 2. The highest BCUT2D eigenvalue weighted by Gasteiger charge is 2.20. The summed E-state index contributed by atoms with van der Waals surface area (Å²) in [5.41, 5.74) is 2.35. The fourth-order valence-electron chi connectivity index (χ4n) is 2.36. The molecule has 0 saturated heterocycles. The summed E-state index contributed by atoms with van der Waals surface area (Å²) in [4.78, 5) is 12.7. The number of phenols is 1. The van der Waals surface area contributed by atoms with E-state index in [9.17, 15) is 9.90 Å². The average Bonchev–Trinajstić information content (AvgIpc) is 2.59. The highest BCUT2D eigenvalue weighted by molar-refractivity contribution is 6.10. The smallest absolute Gasteiger partial charge is 0.196 e. The second-order valence-corrected chi connectivity index (χ2v) is 5.72. The molecular weight excluding hydrogens is 304 g/mol. The van der Waals surface area contributed by atoms with E-state index in [0.717, 1.165) is 5.57 Å². The van der Waals surface area contributed by atoms with Crippen molar-refractivity contribution in [1.29, 1.82) is 0 Å². The summed E-state index contributed by atoms with van der Waals surface area (Å²) in [5, 5.41) is 10.2. The highest BCUT2D eigenvalue weighted by atomic mass is 16.5. The molecular formula is C20H22O4. The number of rotatable bonds is 7. The maximum Gasteiger partial charge on any atom is 0.196 e. The Hall–Kier alpha value is -2.59. The van der Waals surface area contributed by atoms with Crippen LogP contribution in [-0.2, 0) is 4.74 Å². The minimum atomic E-state index is -0.306. The number of carbonyl (C=O) groups is 1. The summed E-state index contributed by atoms with van der Waals surface area (Å²) < 4.78 is 11.1. The Morgan fingerprint density at radius 1 is 1.25 bits per heavy atom. The molecule has 2 aromatic carbocycles. The van der Waals surface area contributed by atoms with Crippen molar-refractivity contribution in [1.82, 2.24) is 0 Å². The van der Waals surface area contributed by atoms with E-state index in [1.54, 1.807) is 30.3 Å². The average molecular weight is 326 g/mol. The Bertz CT molecular complexity index is 735. The number of carbonyl (C=O) groups excluding carboxylic acids is 1. The van der Waals surface area contributed by atoms with Crippen molar-refractivity contribution in [3.63, 3.8) is 0 Å². The van der Waals surface area contributed by atoms with E-state index in [1.807, 2.05) is 19.9 Å². The number of aromatic hydroxyl groups is 1. The van der Waals surface area contributed by atoms with Gasteiger partial charge in [0.15, 0.2) is 5.78 Å². The van der Waals surface area contributed by atoms with Crippen LogP contribution in [0.2, 0.25) is 0 Å². The van der Waals surface area contributed by atoms with Gasteiger partial charge in [0.05, 0.1) is 25.4 Å². The second-order valence-electron chi connectivity index (χ2n) is 5.72. The van der Waals surface area contributed by atoms with Crippen LogP contribution in [0.4, 0.5) is 0 Å². The van der Waals surface area contributed by atoms with E-state index in [-0.39, 0.29) is 23.2 Å². The molecule has 2 rings (SSSR count). The predicted molar refractivity (Wildman–Crippen MR) is 93.7 cm³/mol. The standard InChI is InChI=1S/C20H22O4/c1-13(2)12-24-14(3)16-10-17(18(21)11-19(16)23-4)20(22)15-8-6-5-7-9-15/h5-11,14,21H,1,12H2,2-4H3. The number of methoxy groups -OCH3 is 1. The van der Waals surface area contributed by atoms with Gasteiger partial charge in [-0.2, -0.15) is 0 Å². The summed E-state index contributed by atoms with van der Waals surface area (Å²) >= 11 is 0. The van der Waals surface area contributed by atoms with Gasteiger partial charge >= 0.3 is 0 Å². The molecule has 0 spiro atoms. The van der Waals surface area contributed by atoms with Crippen LogP contribution in [0, 0.1) is 0 Å². The molecule has 4 heteroatoms. The van der Waals surface area contributed by atoms with Crippen LogP contribution in [0.1, 0.15) is 41.4 Å². The Kier molecular flexibility index (Phi) is 5.77.